The van der Waals surface area contributed by atoms with Crippen molar-refractivity contribution in [3.8, 4) is 0 Å². The number of carbonyl (C=O) groups excluding carboxylic acids is 1. The first-order chi connectivity index (χ1) is 11.7. The van der Waals surface area contributed by atoms with Crippen LogP contribution in [0.3, 0.4) is 0 Å². The zero-order chi connectivity index (χ0) is 18.6. The van der Waals surface area contributed by atoms with Crippen molar-refractivity contribution in [2.24, 2.45) is 0 Å². The Bertz CT molecular complexity index is 789. The predicted molar refractivity (Wildman–Crippen MR) is 80.4 cm³/mol. The fourth-order valence-corrected chi connectivity index (χ4v) is 2.19. The molecule has 0 fully saturated rings. The maximum absolute atomic E-state index is 13.6. The van der Waals surface area contributed by atoms with E-state index >= 15 is 0 Å². The molecule has 0 bridgehead atoms. The Labute approximate surface area is 140 Å². The van der Waals surface area contributed by atoms with Crippen LogP contribution >= 0.6 is 0 Å². The van der Waals surface area contributed by atoms with Gasteiger partial charge in [0, 0.05) is 6.42 Å². The molecule has 2 aromatic carbocycles. The second-order valence-corrected chi connectivity index (χ2v) is 5.25. The van der Waals surface area contributed by atoms with Crippen LogP contribution in [0.15, 0.2) is 48.5 Å². The lowest BCUT2D eigenvalue weighted by atomic mass is 10.0. The van der Waals surface area contributed by atoms with Gasteiger partial charge in [-0.05, 0) is 23.8 Å². The zero-order valence-corrected chi connectivity index (χ0v) is 12.7. The van der Waals surface area contributed by atoms with E-state index in [4.69, 9.17) is 0 Å². The number of carboxylic acid groups (broad SMARTS) is 1. The summed E-state index contributed by atoms with van der Waals surface area (Å²) in [6.07, 6.45) is -4.94. The normalized spacial score (nSPS) is 12.5. The lowest BCUT2D eigenvalue weighted by Gasteiger charge is -2.16. The Kier molecular flexibility index (Phi) is 5.41. The van der Waals surface area contributed by atoms with E-state index in [-0.39, 0.29) is 17.5 Å². The summed E-state index contributed by atoms with van der Waals surface area (Å²) >= 11 is 0. The van der Waals surface area contributed by atoms with Gasteiger partial charge in [-0.1, -0.05) is 30.3 Å². The van der Waals surface area contributed by atoms with Crippen molar-refractivity contribution < 1.29 is 32.3 Å². The first-order valence-electron chi connectivity index (χ1n) is 7.13. The minimum atomic E-state index is -4.56. The molecule has 0 spiro atoms. The third-order valence-electron chi connectivity index (χ3n) is 3.42. The number of nitrogens with one attached hydrogen (secondary N) is 1. The largest absolute Gasteiger partial charge is 0.480 e. The van der Waals surface area contributed by atoms with E-state index in [0.717, 1.165) is 24.3 Å². The summed E-state index contributed by atoms with van der Waals surface area (Å²) in [5, 5.41) is 11.3. The summed E-state index contributed by atoms with van der Waals surface area (Å²) in [5.41, 5.74) is -1.19. The van der Waals surface area contributed by atoms with E-state index in [9.17, 15) is 32.3 Å². The molecule has 132 valence electrons. The van der Waals surface area contributed by atoms with E-state index in [1.54, 1.807) is 0 Å². The Morgan fingerprint density at radius 2 is 1.76 bits per heavy atom. The second-order valence-electron chi connectivity index (χ2n) is 5.25. The van der Waals surface area contributed by atoms with Gasteiger partial charge in [0.1, 0.15) is 11.9 Å². The smallest absolute Gasteiger partial charge is 0.416 e. The van der Waals surface area contributed by atoms with Crippen LogP contribution in [0.25, 0.3) is 0 Å². The molecule has 2 aromatic rings. The maximum Gasteiger partial charge on any atom is 0.416 e. The number of hydrogen-bond acceptors (Lipinski definition) is 2. The maximum atomic E-state index is 13.6. The molecule has 25 heavy (non-hydrogen) atoms. The molecule has 1 amide bonds. The molecule has 0 heterocycles. The van der Waals surface area contributed by atoms with E-state index in [2.05, 4.69) is 5.32 Å². The zero-order valence-electron chi connectivity index (χ0n) is 12.7. The fraction of sp³-hybridized carbons (Fsp3) is 0.176. The molecule has 8 heteroatoms. The lowest BCUT2D eigenvalue weighted by molar-refractivity contribution is -0.139. The SMILES string of the molecule is O=C(N[C@@H](Cc1cccc(C(F)(F)F)c1)C(=O)O)c1ccccc1F. The van der Waals surface area contributed by atoms with Crippen molar-refractivity contribution in [3.05, 3.63) is 71.0 Å². The van der Waals surface area contributed by atoms with Crippen LogP contribution in [0.1, 0.15) is 21.5 Å². The van der Waals surface area contributed by atoms with Gasteiger partial charge in [-0.3, -0.25) is 4.79 Å². The van der Waals surface area contributed by atoms with Crippen molar-refractivity contribution in [2.75, 3.05) is 0 Å². The standard InChI is InChI=1S/C17H13F4NO3/c18-13-7-2-1-6-12(13)15(23)22-14(16(24)25)9-10-4-3-5-11(8-10)17(19,20)21/h1-8,14H,9H2,(H,22,23)(H,24,25)/t14-/m0/s1. The highest BCUT2D eigenvalue weighted by Crippen LogP contribution is 2.29. The summed E-state index contributed by atoms with van der Waals surface area (Å²) in [4.78, 5) is 23.3. The van der Waals surface area contributed by atoms with Crippen molar-refractivity contribution in [3.63, 3.8) is 0 Å². The summed E-state index contributed by atoms with van der Waals surface area (Å²) < 4.78 is 51.7. The highest BCUT2D eigenvalue weighted by Gasteiger charge is 2.31. The summed E-state index contributed by atoms with van der Waals surface area (Å²) in [6.45, 7) is 0. The summed E-state index contributed by atoms with van der Waals surface area (Å²) in [6, 6.07) is 7.61. The Balaban J connectivity index is 2.18. The van der Waals surface area contributed by atoms with Crippen molar-refractivity contribution in [1.82, 2.24) is 5.32 Å². The van der Waals surface area contributed by atoms with Crippen LogP contribution in [-0.4, -0.2) is 23.0 Å². The Hall–Kier alpha value is -2.90. The molecule has 2 rings (SSSR count). The summed E-state index contributed by atoms with van der Waals surface area (Å²) in [7, 11) is 0. The average molecular weight is 355 g/mol. The molecule has 0 saturated heterocycles. The van der Waals surface area contributed by atoms with Crippen LogP contribution in [0, 0.1) is 5.82 Å². The van der Waals surface area contributed by atoms with Gasteiger partial charge in [0.15, 0.2) is 0 Å². The van der Waals surface area contributed by atoms with E-state index in [0.29, 0.717) is 0 Å². The molecule has 1 atom stereocenters. The second kappa shape index (κ2) is 7.33. The van der Waals surface area contributed by atoms with Gasteiger partial charge in [-0.25, -0.2) is 9.18 Å². The number of carbonyl (C=O) groups is 2. The van der Waals surface area contributed by atoms with Crippen LogP contribution in [0.2, 0.25) is 0 Å². The topological polar surface area (TPSA) is 66.4 Å². The highest BCUT2D eigenvalue weighted by atomic mass is 19.4. The molecule has 0 unspecified atom stereocenters. The number of carboxylic acids is 1. The van der Waals surface area contributed by atoms with E-state index in [1.165, 1.54) is 24.3 Å². The third-order valence-corrected chi connectivity index (χ3v) is 3.42. The van der Waals surface area contributed by atoms with Crippen molar-refractivity contribution >= 4 is 11.9 Å². The van der Waals surface area contributed by atoms with Crippen LogP contribution < -0.4 is 5.32 Å². The Morgan fingerprint density at radius 3 is 2.36 bits per heavy atom. The number of benzene rings is 2. The molecule has 2 N–H and O–H groups in total. The van der Waals surface area contributed by atoms with Crippen molar-refractivity contribution in [2.45, 2.75) is 18.6 Å². The molecule has 4 nitrogen and oxygen atoms in total. The molecule has 0 saturated carbocycles. The molecule has 0 aliphatic rings. The lowest BCUT2D eigenvalue weighted by Crippen LogP contribution is -2.42. The van der Waals surface area contributed by atoms with Gasteiger partial charge in [0.2, 0.25) is 0 Å². The number of hydrogen-bond donors (Lipinski definition) is 2. The minimum absolute atomic E-state index is 0.0797. The first kappa shape index (κ1) is 18.4. The van der Waals surface area contributed by atoms with Crippen LogP contribution in [-0.2, 0) is 17.4 Å². The highest BCUT2D eigenvalue weighted by molar-refractivity contribution is 5.96. The molecule has 0 aliphatic heterocycles. The number of rotatable bonds is 5. The molecule has 0 aliphatic carbocycles. The van der Waals surface area contributed by atoms with E-state index < -0.39 is 35.5 Å². The number of alkyl halides is 3. The Morgan fingerprint density at radius 1 is 1.08 bits per heavy atom. The first-order valence-corrected chi connectivity index (χ1v) is 7.13. The molecular formula is C17H13F4NO3. The number of halogens is 4. The van der Waals surface area contributed by atoms with Crippen LogP contribution in [0.5, 0.6) is 0 Å². The number of aliphatic carboxylic acids is 1. The van der Waals surface area contributed by atoms with E-state index in [1.807, 2.05) is 0 Å². The van der Waals surface area contributed by atoms with Crippen molar-refractivity contribution in [1.29, 1.82) is 0 Å². The average Bonchev–Trinajstić information content (AvgIpc) is 2.54. The molecule has 0 radical (unpaired) electrons. The van der Waals surface area contributed by atoms with Gasteiger partial charge in [-0.2, -0.15) is 13.2 Å². The van der Waals surface area contributed by atoms with Gasteiger partial charge in [0.25, 0.3) is 5.91 Å². The quantitative estimate of drug-likeness (QED) is 0.809. The monoisotopic (exact) mass is 355 g/mol. The molecule has 0 aromatic heterocycles. The predicted octanol–water partition coefficient (Wildman–Crippen LogP) is 3.27. The fourth-order valence-electron chi connectivity index (χ4n) is 2.19. The van der Waals surface area contributed by atoms with Gasteiger partial charge in [0.05, 0.1) is 11.1 Å². The minimum Gasteiger partial charge on any atom is -0.480 e. The van der Waals surface area contributed by atoms with Gasteiger partial charge < -0.3 is 10.4 Å². The van der Waals surface area contributed by atoms with Crippen LogP contribution in [0.4, 0.5) is 17.6 Å². The van der Waals surface area contributed by atoms with Gasteiger partial charge >= 0.3 is 12.1 Å². The molecular weight excluding hydrogens is 342 g/mol. The summed E-state index contributed by atoms with van der Waals surface area (Å²) in [5.74, 6) is -3.23. The van der Waals surface area contributed by atoms with Gasteiger partial charge in [-0.15, -0.1) is 0 Å². The number of amides is 1. The third kappa shape index (κ3) is 4.79.